The molecule has 0 N–H and O–H groups in total. The van der Waals surface area contributed by atoms with Crippen molar-refractivity contribution >= 4 is 15.4 Å². The van der Waals surface area contributed by atoms with Gasteiger partial charge in [0, 0.05) is 0 Å². The molecule has 69 valence electrons. The summed E-state index contributed by atoms with van der Waals surface area (Å²) in [6, 6.07) is 4.30. The molecule has 0 atom stereocenters. The molecule has 0 aromatic heterocycles. The van der Waals surface area contributed by atoms with Gasteiger partial charge in [-0.25, -0.2) is 0 Å². The van der Waals surface area contributed by atoms with Gasteiger partial charge in [-0.05, 0) is 36.0 Å². The normalized spacial score (nSPS) is 11.8. The fourth-order valence-corrected chi connectivity index (χ4v) is 2.21. The molecule has 1 aromatic rings. The molecule has 0 aliphatic carbocycles. The van der Waals surface area contributed by atoms with Crippen molar-refractivity contribution in [2.24, 2.45) is 0 Å². The zero-order chi connectivity index (χ0) is 10.2. The van der Waals surface area contributed by atoms with Crippen molar-refractivity contribution in [2.45, 2.75) is 40.0 Å². The second-order valence-corrected chi connectivity index (χ2v) is 5.22. The Morgan fingerprint density at radius 1 is 1.08 bits per heavy atom. The van der Waals surface area contributed by atoms with Crippen molar-refractivity contribution in [3.05, 3.63) is 28.8 Å². The van der Waals surface area contributed by atoms with E-state index in [1.165, 1.54) is 21.9 Å². The first kappa shape index (κ1) is 10.5. The lowest BCUT2D eigenvalue weighted by Crippen LogP contribution is -2.21. The Balaban J connectivity index is 3.43. The van der Waals surface area contributed by atoms with E-state index in [-0.39, 0.29) is 5.41 Å². The molecule has 1 rings (SSSR count). The van der Waals surface area contributed by atoms with E-state index in [2.05, 4.69) is 57.0 Å². The van der Waals surface area contributed by atoms with Crippen molar-refractivity contribution in [1.82, 2.24) is 0 Å². The van der Waals surface area contributed by atoms with Gasteiger partial charge in [-0.3, -0.25) is 0 Å². The molecule has 0 amide bonds. The third kappa shape index (κ3) is 2.02. The van der Waals surface area contributed by atoms with Crippen LogP contribution in [0.15, 0.2) is 12.1 Å². The third-order valence-electron chi connectivity index (χ3n) is 2.42. The molecule has 1 aromatic carbocycles. The molecular formula is C12H17Si. The van der Waals surface area contributed by atoms with Crippen molar-refractivity contribution in [3.63, 3.8) is 0 Å². The van der Waals surface area contributed by atoms with Crippen LogP contribution in [0.25, 0.3) is 0 Å². The van der Waals surface area contributed by atoms with Crippen molar-refractivity contribution < 1.29 is 0 Å². The fraction of sp³-hybridized carbons (Fsp3) is 0.500. The van der Waals surface area contributed by atoms with Gasteiger partial charge in [0.25, 0.3) is 0 Å². The van der Waals surface area contributed by atoms with Gasteiger partial charge in [0.1, 0.15) is 0 Å². The van der Waals surface area contributed by atoms with Gasteiger partial charge in [0.05, 0.1) is 10.2 Å². The first-order valence-electron chi connectivity index (χ1n) is 4.66. The Kier molecular flexibility index (Phi) is 2.67. The summed E-state index contributed by atoms with van der Waals surface area (Å²) in [7, 11) is 3.62. The zero-order valence-corrected chi connectivity index (χ0v) is 10.2. The summed E-state index contributed by atoms with van der Waals surface area (Å²) in [5, 5.41) is 1.20. The largest absolute Gasteiger partial charge is 0.0715 e. The minimum Gasteiger partial charge on any atom is -0.0642 e. The number of hydrogen-bond donors (Lipinski definition) is 0. The van der Waals surface area contributed by atoms with E-state index >= 15 is 0 Å². The maximum Gasteiger partial charge on any atom is 0.0715 e. The van der Waals surface area contributed by atoms with Gasteiger partial charge in [0.15, 0.2) is 0 Å². The van der Waals surface area contributed by atoms with Gasteiger partial charge in [0.2, 0.25) is 0 Å². The summed E-state index contributed by atoms with van der Waals surface area (Å²) in [6.07, 6.45) is 0. The lowest BCUT2D eigenvalue weighted by molar-refractivity contribution is 0.582. The lowest BCUT2D eigenvalue weighted by atomic mass is 9.81. The molecule has 0 unspecified atom stereocenters. The minimum atomic E-state index is 0.233. The Morgan fingerprint density at radius 3 is 2.00 bits per heavy atom. The summed E-state index contributed by atoms with van der Waals surface area (Å²) < 4.78 is 0. The molecule has 0 bridgehead atoms. The van der Waals surface area contributed by atoms with Crippen molar-refractivity contribution in [2.75, 3.05) is 0 Å². The first-order chi connectivity index (χ1) is 5.84. The monoisotopic (exact) mass is 189 g/mol. The topological polar surface area (TPSA) is 0 Å². The van der Waals surface area contributed by atoms with Crippen LogP contribution in [-0.2, 0) is 5.41 Å². The van der Waals surface area contributed by atoms with Crippen LogP contribution in [0.5, 0.6) is 0 Å². The molecule has 1 heteroatoms. The highest BCUT2D eigenvalue weighted by Gasteiger charge is 2.18. The number of aryl methyl sites for hydroxylation is 1. The van der Waals surface area contributed by atoms with Gasteiger partial charge in [-0.2, -0.15) is 0 Å². The van der Waals surface area contributed by atoms with Crippen LogP contribution >= 0.6 is 0 Å². The van der Waals surface area contributed by atoms with Crippen LogP contribution in [0.1, 0.15) is 37.5 Å². The molecule has 0 nitrogen and oxygen atoms in total. The molecule has 0 saturated carbocycles. The highest BCUT2D eigenvalue weighted by molar-refractivity contribution is 6.33. The van der Waals surface area contributed by atoms with Crippen LogP contribution in [0.4, 0.5) is 0 Å². The zero-order valence-electron chi connectivity index (χ0n) is 9.15. The number of rotatable bonds is 0. The predicted molar refractivity (Wildman–Crippen MR) is 60.0 cm³/mol. The SMILES string of the molecule is Cc1ccc([Si])c(C)c1C(C)(C)C. The van der Waals surface area contributed by atoms with E-state index in [1.807, 2.05) is 0 Å². The number of hydrogen-bond acceptors (Lipinski definition) is 0. The van der Waals surface area contributed by atoms with E-state index in [0.717, 1.165) is 0 Å². The standard InChI is InChI=1S/C12H17Si/c1-8-6-7-10(13)9(2)11(8)12(3,4)5/h6-7H,1-5H3. The van der Waals surface area contributed by atoms with Crippen LogP contribution < -0.4 is 5.19 Å². The third-order valence-corrected chi connectivity index (χ3v) is 2.97. The van der Waals surface area contributed by atoms with E-state index in [9.17, 15) is 0 Å². The Bertz CT molecular complexity index is 319. The molecule has 13 heavy (non-hydrogen) atoms. The molecule has 0 aliphatic rings. The van der Waals surface area contributed by atoms with Crippen LogP contribution in [-0.4, -0.2) is 10.2 Å². The maximum atomic E-state index is 3.62. The van der Waals surface area contributed by atoms with Crippen LogP contribution in [0, 0.1) is 13.8 Å². The van der Waals surface area contributed by atoms with Gasteiger partial charge in [-0.15, -0.1) is 0 Å². The van der Waals surface area contributed by atoms with Crippen LogP contribution in [0.2, 0.25) is 0 Å². The van der Waals surface area contributed by atoms with Gasteiger partial charge < -0.3 is 0 Å². The quantitative estimate of drug-likeness (QED) is 0.550. The van der Waals surface area contributed by atoms with E-state index < -0.39 is 0 Å². The highest BCUT2D eigenvalue weighted by Crippen LogP contribution is 2.27. The van der Waals surface area contributed by atoms with Gasteiger partial charge >= 0.3 is 0 Å². The second kappa shape index (κ2) is 3.30. The smallest absolute Gasteiger partial charge is 0.0642 e. The van der Waals surface area contributed by atoms with Crippen molar-refractivity contribution in [3.8, 4) is 0 Å². The summed E-state index contributed by atoms with van der Waals surface area (Å²) >= 11 is 0. The molecule has 3 radical (unpaired) electrons. The average Bonchev–Trinajstić information content (AvgIpc) is 1.95. The average molecular weight is 189 g/mol. The van der Waals surface area contributed by atoms with E-state index in [4.69, 9.17) is 0 Å². The molecule has 0 saturated heterocycles. The lowest BCUT2D eigenvalue weighted by Gasteiger charge is -2.25. The second-order valence-electron chi connectivity index (χ2n) is 4.68. The molecule has 0 aliphatic heterocycles. The molecular weight excluding hydrogens is 172 g/mol. The molecule has 0 fully saturated rings. The summed E-state index contributed by atoms with van der Waals surface area (Å²) in [6.45, 7) is 11.1. The minimum absolute atomic E-state index is 0.233. The first-order valence-corrected chi connectivity index (χ1v) is 5.16. The Morgan fingerprint density at radius 2 is 1.62 bits per heavy atom. The summed E-state index contributed by atoms with van der Waals surface area (Å²) in [5.41, 5.74) is 4.44. The molecule has 0 spiro atoms. The summed E-state index contributed by atoms with van der Waals surface area (Å²) in [4.78, 5) is 0. The summed E-state index contributed by atoms with van der Waals surface area (Å²) in [5.74, 6) is 0. The molecule has 0 heterocycles. The van der Waals surface area contributed by atoms with Gasteiger partial charge in [-0.1, -0.05) is 38.1 Å². The predicted octanol–water partition coefficient (Wildman–Crippen LogP) is 2.39. The Labute approximate surface area is 84.8 Å². The van der Waals surface area contributed by atoms with E-state index in [0.29, 0.717) is 0 Å². The number of benzene rings is 1. The van der Waals surface area contributed by atoms with Crippen molar-refractivity contribution in [1.29, 1.82) is 0 Å². The highest BCUT2D eigenvalue weighted by atomic mass is 28.1. The fourth-order valence-electron chi connectivity index (χ4n) is 2.00. The van der Waals surface area contributed by atoms with Crippen LogP contribution in [0.3, 0.4) is 0 Å². The maximum absolute atomic E-state index is 3.62. The van der Waals surface area contributed by atoms with E-state index in [1.54, 1.807) is 0 Å². The Hall–Kier alpha value is -0.563.